The number of ketones is 1. The van der Waals surface area contributed by atoms with Gasteiger partial charge in [0.2, 0.25) is 0 Å². The third-order valence-corrected chi connectivity index (χ3v) is 2.08. The molecule has 1 aromatic rings. The van der Waals surface area contributed by atoms with Crippen molar-refractivity contribution in [3.63, 3.8) is 0 Å². The molecule has 0 bridgehead atoms. The molecular formula is C13H16O2. The molecule has 0 aromatic heterocycles. The number of benzene rings is 1. The molecule has 0 saturated heterocycles. The topological polar surface area (TPSA) is 26.3 Å². The van der Waals surface area contributed by atoms with Crippen LogP contribution in [0.1, 0.15) is 30.6 Å². The number of hydrogen-bond acceptors (Lipinski definition) is 2. The van der Waals surface area contributed by atoms with Crippen LogP contribution in [-0.2, 0) is 0 Å². The molecule has 0 saturated carbocycles. The largest absolute Gasteiger partial charge is 0.489 e. The first-order chi connectivity index (χ1) is 7.29. The number of para-hydroxylation sites is 1. The van der Waals surface area contributed by atoms with Crippen molar-refractivity contribution in [3.8, 4) is 5.75 Å². The van der Waals surface area contributed by atoms with Gasteiger partial charge in [0.05, 0.1) is 5.56 Å². The molecule has 1 rings (SSSR count). The lowest BCUT2D eigenvalue weighted by Crippen LogP contribution is -2.02. The van der Waals surface area contributed by atoms with Gasteiger partial charge in [-0.2, -0.15) is 0 Å². The van der Waals surface area contributed by atoms with Crippen molar-refractivity contribution in [2.45, 2.75) is 20.3 Å². The molecule has 0 N–H and O–H groups in total. The van der Waals surface area contributed by atoms with E-state index in [4.69, 9.17) is 4.74 Å². The van der Waals surface area contributed by atoms with Crippen molar-refractivity contribution in [3.05, 3.63) is 42.0 Å². The fraction of sp³-hybridized carbons (Fsp3) is 0.308. The standard InChI is InChI=1S/C13H16O2/c1-3-5-10-15-13-9-7-6-8-11(13)12(14)4-2/h3,5-9H,4,10H2,1-2H3. The highest BCUT2D eigenvalue weighted by atomic mass is 16.5. The molecule has 0 heterocycles. The maximum atomic E-state index is 11.6. The van der Waals surface area contributed by atoms with E-state index < -0.39 is 0 Å². The highest BCUT2D eigenvalue weighted by Gasteiger charge is 2.08. The monoisotopic (exact) mass is 204 g/mol. The summed E-state index contributed by atoms with van der Waals surface area (Å²) >= 11 is 0. The fourth-order valence-corrected chi connectivity index (χ4v) is 1.25. The molecule has 0 aliphatic carbocycles. The van der Waals surface area contributed by atoms with Gasteiger partial charge in [-0.3, -0.25) is 4.79 Å². The van der Waals surface area contributed by atoms with E-state index >= 15 is 0 Å². The van der Waals surface area contributed by atoms with Crippen molar-refractivity contribution >= 4 is 5.78 Å². The molecule has 2 heteroatoms. The molecular weight excluding hydrogens is 188 g/mol. The molecule has 0 spiro atoms. The van der Waals surface area contributed by atoms with Crippen LogP contribution in [0.4, 0.5) is 0 Å². The predicted molar refractivity (Wildman–Crippen MR) is 61.4 cm³/mol. The quantitative estimate of drug-likeness (QED) is 0.543. The first-order valence-electron chi connectivity index (χ1n) is 5.15. The molecule has 0 atom stereocenters. The Labute approximate surface area is 90.6 Å². The van der Waals surface area contributed by atoms with Gasteiger partial charge >= 0.3 is 0 Å². The second-order valence-corrected chi connectivity index (χ2v) is 3.15. The molecule has 0 unspecified atom stereocenters. The highest BCUT2D eigenvalue weighted by molar-refractivity contribution is 5.98. The summed E-state index contributed by atoms with van der Waals surface area (Å²) in [6, 6.07) is 7.35. The molecule has 2 nitrogen and oxygen atoms in total. The average molecular weight is 204 g/mol. The SMILES string of the molecule is CC=CCOc1ccccc1C(=O)CC. The normalized spacial score (nSPS) is 10.5. The number of carbonyl (C=O) groups is 1. The van der Waals surface area contributed by atoms with Gasteiger partial charge in [-0.15, -0.1) is 0 Å². The first kappa shape index (κ1) is 11.5. The summed E-state index contributed by atoms with van der Waals surface area (Å²) in [4.78, 5) is 11.6. The van der Waals surface area contributed by atoms with Crippen molar-refractivity contribution < 1.29 is 9.53 Å². The van der Waals surface area contributed by atoms with Crippen molar-refractivity contribution in [1.29, 1.82) is 0 Å². The van der Waals surface area contributed by atoms with Gasteiger partial charge < -0.3 is 4.74 Å². The minimum atomic E-state index is 0.117. The minimum absolute atomic E-state index is 0.117. The molecule has 0 aliphatic heterocycles. The number of carbonyl (C=O) groups excluding carboxylic acids is 1. The van der Waals surface area contributed by atoms with Crippen molar-refractivity contribution in [2.24, 2.45) is 0 Å². The smallest absolute Gasteiger partial charge is 0.166 e. The van der Waals surface area contributed by atoms with Gasteiger partial charge in [0.1, 0.15) is 12.4 Å². The zero-order valence-corrected chi connectivity index (χ0v) is 9.19. The van der Waals surface area contributed by atoms with Crippen LogP contribution in [0.5, 0.6) is 5.75 Å². The summed E-state index contributed by atoms with van der Waals surface area (Å²) in [5, 5.41) is 0. The van der Waals surface area contributed by atoms with E-state index in [2.05, 4.69) is 0 Å². The van der Waals surface area contributed by atoms with E-state index in [1.54, 1.807) is 6.07 Å². The summed E-state index contributed by atoms with van der Waals surface area (Å²) < 4.78 is 5.49. The Hall–Kier alpha value is -1.57. The summed E-state index contributed by atoms with van der Waals surface area (Å²) in [5.41, 5.74) is 0.671. The molecule has 80 valence electrons. The molecule has 1 aromatic carbocycles. The lowest BCUT2D eigenvalue weighted by molar-refractivity contribution is 0.0984. The Morgan fingerprint density at radius 1 is 1.40 bits per heavy atom. The number of Topliss-reactive ketones (excluding diaryl/α,β-unsaturated/α-hetero) is 1. The van der Waals surface area contributed by atoms with Crippen molar-refractivity contribution in [2.75, 3.05) is 6.61 Å². The van der Waals surface area contributed by atoms with E-state index in [1.165, 1.54) is 0 Å². The summed E-state index contributed by atoms with van der Waals surface area (Å²) in [6.07, 6.45) is 4.33. The van der Waals surface area contributed by atoms with Gasteiger partial charge in [-0.25, -0.2) is 0 Å². The number of allylic oxidation sites excluding steroid dienone is 1. The minimum Gasteiger partial charge on any atom is -0.489 e. The molecule has 0 fully saturated rings. The Kier molecular flexibility index (Phi) is 4.61. The summed E-state index contributed by atoms with van der Waals surface area (Å²) in [7, 11) is 0. The number of hydrogen-bond donors (Lipinski definition) is 0. The zero-order chi connectivity index (χ0) is 11.1. The molecule has 0 aliphatic rings. The second kappa shape index (κ2) is 6.02. The van der Waals surface area contributed by atoms with Crippen LogP contribution in [0.2, 0.25) is 0 Å². The van der Waals surface area contributed by atoms with Crippen LogP contribution in [0.15, 0.2) is 36.4 Å². The summed E-state index contributed by atoms with van der Waals surface area (Å²) in [6.45, 7) is 4.29. The Balaban J connectivity index is 2.81. The van der Waals surface area contributed by atoms with Crippen LogP contribution in [0.25, 0.3) is 0 Å². The maximum absolute atomic E-state index is 11.6. The third-order valence-electron chi connectivity index (χ3n) is 2.08. The van der Waals surface area contributed by atoms with E-state index in [1.807, 2.05) is 44.2 Å². The van der Waals surface area contributed by atoms with E-state index in [-0.39, 0.29) is 5.78 Å². The van der Waals surface area contributed by atoms with Crippen LogP contribution >= 0.6 is 0 Å². The van der Waals surface area contributed by atoms with Gasteiger partial charge in [-0.05, 0) is 19.1 Å². The molecule has 15 heavy (non-hydrogen) atoms. The van der Waals surface area contributed by atoms with Gasteiger partial charge in [0.15, 0.2) is 5.78 Å². The number of rotatable bonds is 5. The van der Waals surface area contributed by atoms with Crippen molar-refractivity contribution in [1.82, 2.24) is 0 Å². The third kappa shape index (κ3) is 3.24. The second-order valence-electron chi connectivity index (χ2n) is 3.15. The fourth-order valence-electron chi connectivity index (χ4n) is 1.25. The summed E-state index contributed by atoms with van der Waals surface area (Å²) in [5.74, 6) is 0.786. The molecule has 0 radical (unpaired) electrons. The highest BCUT2D eigenvalue weighted by Crippen LogP contribution is 2.19. The first-order valence-corrected chi connectivity index (χ1v) is 5.15. The van der Waals surface area contributed by atoms with E-state index in [0.29, 0.717) is 24.3 Å². The van der Waals surface area contributed by atoms with Crippen LogP contribution in [0, 0.1) is 0 Å². The predicted octanol–water partition coefficient (Wildman–Crippen LogP) is 3.23. The lowest BCUT2D eigenvalue weighted by Gasteiger charge is -2.07. The Morgan fingerprint density at radius 3 is 2.80 bits per heavy atom. The van der Waals surface area contributed by atoms with Gasteiger partial charge in [0.25, 0.3) is 0 Å². The van der Waals surface area contributed by atoms with Crippen LogP contribution < -0.4 is 4.74 Å². The maximum Gasteiger partial charge on any atom is 0.166 e. The van der Waals surface area contributed by atoms with E-state index in [0.717, 1.165) is 0 Å². The zero-order valence-electron chi connectivity index (χ0n) is 9.19. The van der Waals surface area contributed by atoms with Gasteiger partial charge in [-0.1, -0.05) is 31.2 Å². The van der Waals surface area contributed by atoms with E-state index in [9.17, 15) is 4.79 Å². The Bertz CT molecular complexity index is 353. The molecule has 0 amide bonds. The lowest BCUT2D eigenvalue weighted by atomic mass is 10.1. The van der Waals surface area contributed by atoms with Gasteiger partial charge in [0, 0.05) is 6.42 Å². The van der Waals surface area contributed by atoms with Crippen LogP contribution in [-0.4, -0.2) is 12.4 Å². The number of ether oxygens (including phenoxy) is 1. The Morgan fingerprint density at radius 2 is 2.13 bits per heavy atom. The van der Waals surface area contributed by atoms with Crippen LogP contribution in [0.3, 0.4) is 0 Å². The average Bonchev–Trinajstić information content (AvgIpc) is 2.29.